The Labute approximate surface area is 79.4 Å². The molecule has 1 aromatic carbocycles. The van der Waals surface area contributed by atoms with Crippen molar-refractivity contribution in [1.82, 2.24) is 0 Å². The van der Waals surface area contributed by atoms with Gasteiger partial charge in [-0.2, -0.15) is 0 Å². The van der Waals surface area contributed by atoms with Crippen LogP contribution in [0.15, 0.2) is 18.2 Å². The van der Waals surface area contributed by atoms with E-state index >= 15 is 0 Å². The predicted octanol–water partition coefficient (Wildman–Crippen LogP) is 1.47. The summed E-state index contributed by atoms with van der Waals surface area (Å²) in [7, 11) is 0. The molecule has 0 aromatic heterocycles. The summed E-state index contributed by atoms with van der Waals surface area (Å²) >= 11 is 0. The van der Waals surface area contributed by atoms with Gasteiger partial charge in [-0.1, -0.05) is 29.3 Å². The van der Waals surface area contributed by atoms with Crippen molar-refractivity contribution >= 4 is 0 Å². The number of benzene rings is 1. The third-order valence-corrected chi connectivity index (χ3v) is 2.24. The number of aliphatic hydroxyl groups is 1. The number of rotatable bonds is 2. The number of hydrogen-bond donors (Lipinski definition) is 2. The first-order chi connectivity index (χ1) is 5.95. The lowest BCUT2D eigenvalue weighted by Gasteiger charge is -2.22. The molecule has 0 spiro atoms. The van der Waals surface area contributed by atoms with Crippen molar-refractivity contribution in [1.29, 1.82) is 0 Å². The Morgan fingerprint density at radius 2 is 1.69 bits per heavy atom. The number of nitrogens with two attached hydrogens (primary N) is 1. The summed E-state index contributed by atoms with van der Waals surface area (Å²) in [4.78, 5) is 0. The van der Waals surface area contributed by atoms with Crippen molar-refractivity contribution in [2.75, 3.05) is 6.54 Å². The third-order valence-electron chi connectivity index (χ3n) is 2.24. The molecule has 0 aliphatic heterocycles. The molecule has 0 aliphatic rings. The van der Waals surface area contributed by atoms with Crippen LogP contribution in [0.4, 0.5) is 0 Å². The highest BCUT2D eigenvalue weighted by atomic mass is 16.3. The van der Waals surface area contributed by atoms with Gasteiger partial charge in [0.25, 0.3) is 0 Å². The van der Waals surface area contributed by atoms with Gasteiger partial charge in [0.2, 0.25) is 0 Å². The second-order valence-electron chi connectivity index (χ2n) is 3.85. The molecule has 1 unspecified atom stereocenters. The fraction of sp³-hybridized carbons (Fsp3) is 0.455. The number of hydrogen-bond acceptors (Lipinski definition) is 2. The van der Waals surface area contributed by atoms with Gasteiger partial charge in [0.15, 0.2) is 0 Å². The molecule has 0 heterocycles. The van der Waals surface area contributed by atoms with Crippen LogP contribution in [-0.2, 0) is 5.60 Å². The Morgan fingerprint density at radius 3 is 2.08 bits per heavy atom. The quantitative estimate of drug-likeness (QED) is 0.722. The van der Waals surface area contributed by atoms with E-state index in [1.165, 1.54) is 0 Å². The van der Waals surface area contributed by atoms with E-state index < -0.39 is 5.60 Å². The van der Waals surface area contributed by atoms with Gasteiger partial charge >= 0.3 is 0 Å². The standard InChI is InChI=1S/C11H17NO/c1-8-4-9(2)6-10(5-8)11(3,13)7-12/h4-6,13H,7,12H2,1-3H3. The normalized spacial score (nSPS) is 15.5. The summed E-state index contributed by atoms with van der Waals surface area (Å²) < 4.78 is 0. The minimum Gasteiger partial charge on any atom is -0.384 e. The smallest absolute Gasteiger partial charge is 0.0990 e. The van der Waals surface area contributed by atoms with Crippen molar-refractivity contribution in [3.63, 3.8) is 0 Å². The Kier molecular flexibility index (Phi) is 2.74. The fourth-order valence-electron chi connectivity index (χ4n) is 1.40. The van der Waals surface area contributed by atoms with Crippen LogP contribution >= 0.6 is 0 Å². The molecule has 0 saturated carbocycles. The molecule has 0 bridgehead atoms. The van der Waals surface area contributed by atoms with E-state index in [4.69, 9.17) is 5.73 Å². The second kappa shape index (κ2) is 3.48. The van der Waals surface area contributed by atoms with E-state index in [-0.39, 0.29) is 6.54 Å². The molecule has 0 aliphatic carbocycles. The predicted molar refractivity (Wildman–Crippen MR) is 54.5 cm³/mol. The lowest BCUT2D eigenvalue weighted by molar-refractivity contribution is 0.0667. The topological polar surface area (TPSA) is 46.2 Å². The minimum atomic E-state index is -0.906. The van der Waals surface area contributed by atoms with Crippen LogP contribution in [0.5, 0.6) is 0 Å². The first kappa shape index (κ1) is 10.2. The van der Waals surface area contributed by atoms with E-state index in [0.29, 0.717) is 0 Å². The Morgan fingerprint density at radius 1 is 1.23 bits per heavy atom. The lowest BCUT2D eigenvalue weighted by Crippen LogP contribution is -2.31. The lowest BCUT2D eigenvalue weighted by atomic mass is 9.93. The number of aryl methyl sites for hydroxylation is 2. The van der Waals surface area contributed by atoms with Crippen molar-refractivity contribution in [2.45, 2.75) is 26.4 Å². The van der Waals surface area contributed by atoms with Crippen molar-refractivity contribution < 1.29 is 5.11 Å². The van der Waals surface area contributed by atoms with Crippen LogP contribution in [0, 0.1) is 13.8 Å². The van der Waals surface area contributed by atoms with Crippen molar-refractivity contribution in [2.24, 2.45) is 5.73 Å². The Hall–Kier alpha value is -0.860. The molecule has 2 nitrogen and oxygen atoms in total. The molecule has 1 rings (SSSR count). The van der Waals surface area contributed by atoms with Gasteiger partial charge in [0.1, 0.15) is 0 Å². The average Bonchev–Trinajstić information content (AvgIpc) is 2.02. The van der Waals surface area contributed by atoms with E-state index in [1.54, 1.807) is 6.92 Å². The molecule has 13 heavy (non-hydrogen) atoms. The highest BCUT2D eigenvalue weighted by Crippen LogP contribution is 2.21. The molecule has 0 radical (unpaired) electrons. The molecular formula is C11H17NO. The Bertz CT molecular complexity index is 285. The first-order valence-electron chi connectivity index (χ1n) is 4.47. The molecule has 72 valence electrons. The molecular weight excluding hydrogens is 162 g/mol. The van der Waals surface area contributed by atoms with Gasteiger partial charge in [-0.3, -0.25) is 0 Å². The van der Waals surface area contributed by atoms with Crippen molar-refractivity contribution in [3.8, 4) is 0 Å². The van der Waals surface area contributed by atoms with Crippen LogP contribution < -0.4 is 5.73 Å². The molecule has 1 aromatic rings. The summed E-state index contributed by atoms with van der Waals surface area (Å²) in [6.07, 6.45) is 0. The summed E-state index contributed by atoms with van der Waals surface area (Å²) in [6.45, 7) is 6.02. The molecule has 3 N–H and O–H groups in total. The van der Waals surface area contributed by atoms with E-state index in [9.17, 15) is 5.11 Å². The SMILES string of the molecule is Cc1cc(C)cc(C(C)(O)CN)c1. The van der Waals surface area contributed by atoms with Gasteiger partial charge in [0, 0.05) is 6.54 Å². The van der Waals surface area contributed by atoms with Crippen LogP contribution in [0.3, 0.4) is 0 Å². The summed E-state index contributed by atoms with van der Waals surface area (Å²) in [6, 6.07) is 6.02. The maximum Gasteiger partial charge on any atom is 0.0990 e. The first-order valence-corrected chi connectivity index (χ1v) is 4.47. The van der Waals surface area contributed by atoms with Gasteiger partial charge < -0.3 is 10.8 Å². The maximum absolute atomic E-state index is 9.92. The van der Waals surface area contributed by atoms with Gasteiger partial charge in [-0.15, -0.1) is 0 Å². The summed E-state index contributed by atoms with van der Waals surface area (Å²) in [5.41, 5.74) is 7.79. The molecule has 0 saturated heterocycles. The van der Waals surface area contributed by atoms with Crippen LogP contribution in [-0.4, -0.2) is 11.7 Å². The fourth-order valence-corrected chi connectivity index (χ4v) is 1.40. The largest absolute Gasteiger partial charge is 0.384 e. The molecule has 1 atom stereocenters. The van der Waals surface area contributed by atoms with Gasteiger partial charge in [0.05, 0.1) is 5.60 Å². The second-order valence-corrected chi connectivity index (χ2v) is 3.85. The van der Waals surface area contributed by atoms with Gasteiger partial charge in [-0.25, -0.2) is 0 Å². The summed E-state index contributed by atoms with van der Waals surface area (Å²) in [5.74, 6) is 0. The zero-order chi connectivity index (χ0) is 10.1. The average molecular weight is 179 g/mol. The van der Waals surface area contributed by atoms with Crippen molar-refractivity contribution in [3.05, 3.63) is 34.9 Å². The molecule has 0 amide bonds. The van der Waals surface area contributed by atoms with Crippen LogP contribution in [0.1, 0.15) is 23.6 Å². The van der Waals surface area contributed by atoms with Crippen LogP contribution in [0.25, 0.3) is 0 Å². The minimum absolute atomic E-state index is 0.246. The molecule has 0 fully saturated rings. The molecule has 2 heteroatoms. The summed E-state index contributed by atoms with van der Waals surface area (Å²) in [5, 5.41) is 9.92. The highest BCUT2D eigenvalue weighted by Gasteiger charge is 2.20. The van der Waals surface area contributed by atoms with Crippen LogP contribution in [0.2, 0.25) is 0 Å². The van der Waals surface area contributed by atoms with E-state index in [0.717, 1.165) is 16.7 Å². The zero-order valence-corrected chi connectivity index (χ0v) is 8.46. The van der Waals surface area contributed by atoms with E-state index in [1.807, 2.05) is 26.0 Å². The highest BCUT2D eigenvalue weighted by molar-refractivity contribution is 5.32. The zero-order valence-electron chi connectivity index (χ0n) is 8.46. The Balaban J connectivity index is 3.15. The van der Waals surface area contributed by atoms with Gasteiger partial charge in [-0.05, 0) is 26.3 Å². The third kappa shape index (κ3) is 2.29. The van der Waals surface area contributed by atoms with E-state index in [2.05, 4.69) is 6.07 Å². The maximum atomic E-state index is 9.92. The monoisotopic (exact) mass is 179 g/mol.